The highest BCUT2D eigenvalue weighted by Gasteiger charge is 2.28. The first-order chi connectivity index (χ1) is 12.1. The van der Waals surface area contributed by atoms with Gasteiger partial charge in [-0.2, -0.15) is 0 Å². The molecule has 0 spiro atoms. The summed E-state index contributed by atoms with van der Waals surface area (Å²) in [7, 11) is 0. The minimum atomic E-state index is -0.248. The topological polar surface area (TPSA) is 49.6 Å². The lowest BCUT2D eigenvalue weighted by molar-refractivity contribution is 0.0707. The number of anilines is 1. The normalized spacial score (nSPS) is 17.8. The lowest BCUT2D eigenvalue weighted by Crippen LogP contribution is -2.45. The average Bonchev–Trinajstić information content (AvgIpc) is 3.16. The Morgan fingerprint density at radius 2 is 2.16 bits per heavy atom. The summed E-state index contributed by atoms with van der Waals surface area (Å²) >= 11 is 1.53. The summed E-state index contributed by atoms with van der Waals surface area (Å²) in [6, 6.07) is 6.50. The fourth-order valence-corrected chi connectivity index (χ4v) is 4.12. The van der Waals surface area contributed by atoms with Gasteiger partial charge in [0.15, 0.2) is 4.96 Å². The number of carbonyl (C=O) groups is 1. The van der Waals surface area contributed by atoms with Crippen LogP contribution in [0.4, 0.5) is 10.1 Å². The van der Waals surface area contributed by atoms with Gasteiger partial charge in [-0.05, 0) is 44.0 Å². The van der Waals surface area contributed by atoms with Gasteiger partial charge in [0.05, 0.1) is 5.69 Å². The van der Waals surface area contributed by atoms with E-state index in [0.717, 1.165) is 35.7 Å². The number of benzene rings is 1. The van der Waals surface area contributed by atoms with E-state index in [1.807, 2.05) is 27.8 Å². The van der Waals surface area contributed by atoms with E-state index in [2.05, 4.69) is 10.3 Å². The lowest BCUT2D eigenvalue weighted by Gasteiger charge is -2.33. The molecular weight excluding hydrogens is 339 g/mol. The van der Waals surface area contributed by atoms with Crippen LogP contribution < -0.4 is 5.32 Å². The Hall–Kier alpha value is -2.41. The van der Waals surface area contributed by atoms with E-state index in [1.165, 1.54) is 23.5 Å². The van der Waals surface area contributed by atoms with Gasteiger partial charge in [0.25, 0.3) is 5.91 Å². The average molecular weight is 358 g/mol. The minimum absolute atomic E-state index is 0.0222. The van der Waals surface area contributed by atoms with Gasteiger partial charge in [-0.1, -0.05) is 0 Å². The number of carbonyl (C=O) groups excluding carboxylic acids is 1. The van der Waals surface area contributed by atoms with Gasteiger partial charge >= 0.3 is 0 Å². The van der Waals surface area contributed by atoms with Gasteiger partial charge < -0.3 is 10.2 Å². The fraction of sp³-hybridized carbons (Fsp3) is 0.333. The zero-order valence-electron chi connectivity index (χ0n) is 13.9. The van der Waals surface area contributed by atoms with Crippen LogP contribution in [0.5, 0.6) is 0 Å². The van der Waals surface area contributed by atoms with E-state index in [1.54, 1.807) is 12.1 Å². The van der Waals surface area contributed by atoms with Gasteiger partial charge in [-0.15, -0.1) is 11.3 Å². The summed E-state index contributed by atoms with van der Waals surface area (Å²) in [6.45, 7) is 3.26. The Morgan fingerprint density at radius 3 is 2.96 bits per heavy atom. The molecule has 1 aliphatic heterocycles. The number of hydrogen-bond acceptors (Lipinski definition) is 4. The van der Waals surface area contributed by atoms with Crippen molar-refractivity contribution in [2.24, 2.45) is 0 Å². The van der Waals surface area contributed by atoms with Crippen molar-refractivity contribution in [3.8, 4) is 0 Å². The number of aromatic nitrogens is 2. The van der Waals surface area contributed by atoms with Crippen molar-refractivity contribution in [3.63, 3.8) is 0 Å². The van der Waals surface area contributed by atoms with Gasteiger partial charge in [0, 0.05) is 36.4 Å². The molecule has 1 aliphatic rings. The molecule has 0 aliphatic carbocycles. The van der Waals surface area contributed by atoms with Crippen molar-refractivity contribution in [1.29, 1.82) is 0 Å². The van der Waals surface area contributed by atoms with Gasteiger partial charge in [-0.3, -0.25) is 9.20 Å². The molecule has 0 unspecified atom stereocenters. The molecule has 1 amide bonds. The van der Waals surface area contributed by atoms with Crippen molar-refractivity contribution in [1.82, 2.24) is 14.3 Å². The SMILES string of the molecule is Cc1nc2sccn2c1C(=O)N1CCC[C@H](Nc2ccc(F)cc2)C1. The highest BCUT2D eigenvalue weighted by molar-refractivity contribution is 7.15. The van der Waals surface area contributed by atoms with Crippen LogP contribution in [0, 0.1) is 12.7 Å². The second-order valence-corrected chi connectivity index (χ2v) is 7.22. The van der Waals surface area contributed by atoms with Gasteiger partial charge in [-0.25, -0.2) is 9.37 Å². The number of piperidine rings is 1. The van der Waals surface area contributed by atoms with E-state index >= 15 is 0 Å². The summed E-state index contributed by atoms with van der Waals surface area (Å²) in [6.07, 6.45) is 3.82. The number of aryl methyl sites for hydroxylation is 1. The Labute approximate surface area is 149 Å². The molecule has 130 valence electrons. The molecule has 3 aromatic rings. The third-order valence-electron chi connectivity index (χ3n) is 4.56. The van der Waals surface area contributed by atoms with Crippen LogP contribution in [-0.2, 0) is 0 Å². The summed E-state index contributed by atoms with van der Waals surface area (Å²) in [4.78, 5) is 20.2. The molecule has 1 aromatic carbocycles. The predicted octanol–water partition coefficient (Wildman–Crippen LogP) is 3.56. The quantitative estimate of drug-likeness (QED) is 0.779. The van der Waals surface area contributed by atoms with Gasteiger partial charge in [0.1, 0.15) is 11.5 Å². The maximum atomic E-state index is 13.0. The van der Waals surface area contributed by atoms with E-state index in [0.29, 0.717) is 12.2 Å². The number of amides is 1. The van der Waals surface area contributed by atoms with Crippen LogP contribution in [0.3, 0.4) is 0 Å². The van der Waals surface area contributed by atoms with Gasteiger partial charge in [0.2, 0.25) is 0 Å². The molecule has 1 fully saturated rings. The Balaban J connectivity index is 1.50. The zero-order chi connectivity index (χ0) is 17.4. The van der Waals surface area contributed by atoms with Crippen LogP contribution >= 0.6 is 11.3 Å². The molecule has 5 nitrogen and oxygen atoms in total. The minimum Gasteiger partial charge on any atom is -0.381 e. The first kappa shape index (κ1) is 16.1. The van der Waals surface area contributed by atoms with Crippen LogP contribution in [0.25, 0.3) is 4.96 Å². The number of fused-ring (bicyclic) bond motifs is 1. The summed E-state index contributed by atoms with van der Waals surface area (Å²) in [5.74, 6) is -0.226. The van der Waals surface area contributed by atoms with Crippen molar-refractivity contribution in [3.05, 3.63) is 53.0 Å². The molecule has 1 atom stereocenters. The lowest BCUT2D eigenvalue weighted by atomic mass is 10.0. The standard InChI is InChI=1S/C18H19FN4OS/c1-12-16(23-9-10-25-18(23)20-12)17(24)22-8-2-3-15(11-22)21-14-6-4-13(19)5-7-14/h4-7,9-10,15,21H,2-3,8,11H2,1H3/t15-/m0/s1. The highest BCUT2D eigenvalue weighted by Crippen LogP contribution is 2.22. The van der Waals surface area contributed by atoms with E-state index < -0.39 is 0 Å². The van der Waals surface area contributed by atoms with Crippen molar-refractivity contribution in [2.45, 2.75) is 25.8 Å². The maximum absolute atomic E-state index is 13.0. The zero-order valence-corrected chi connectivity index (χ0v) is 14.7. The molecule has 1 N–H and O–H groups in total. The fourth-order valence-electron chi connectivity index (χ4n) is 3.36. The summed E-state index contributed by atoms with van der Waals surface area (Å²) in [5.41, 5.74) is 2.30. The Morgan fingerprint density at radius 1 is 1.36 bits per heavy atom. The van der Waals surface area contributed by atoms with Crippen molar-refractivity contribution in [2.75, 3.05) is 18.4 Å². The Kier molecular flexibility index (Phi) is 4.17. The highest BCUT2D eigenvalue weighted by atomic mass is 32.1. The number of halogens is 1. The molecule has 0 bridgehead atoms. The van der Waals surface area contributed by atoms with Crippen LogP contribution in [0.15, 0.2) is 35.8 Å². The van der Waals surface area contributed by atoms with E-state index in [-0.39, 0.29) is 17.8 Å². The van der Waals surface area contributed by atoms with E-state index in [9.17, 15) is 9.18 Å². The molecule has 25 heavy (non-hydrogen) atoms. The molecule has 0 saturated carbocycles. The third-order valence-corrected chi connectivity index (χ3v) is 5.32. The summed E-state index contributed by atoms with van der Waals surface area (Å²) in [5, 5.41) is 5.34. The number of rotatable bonds is 3. The largest absolute Gasteiger partial charge is 0.381 e. The molecule has 7 heteroatoms. The predicted molar refractivity (Wildman–Crippen MR) is 96.8 cm³/mol. The number of hydrogen-bond donors (Lipinski definition) is 1. The number of nitrogens with one attached hydrogen (secondary N) is 1. The maximum Gasteiger partial charge on any atom is 0.272 e. The second-order valence-electron chi connectivity index (χ2n) is 6.34. The monoisotopic (exact) mass is 358 g/mol. The molecular formula is C18H19FN4OS. The van der Waals surface area contributed by atoms with Crippen LogP contribution in [0.1, 0.15) is 29.0 Å². The third kappa shape index (κ3) is 3.11. The van der Waals surface area contributed by atoms with Crippen molar-refractivity contribution < 1.29 is 9.18 Å². The Bertz CT molecular complexity index is 902. The number of nitrogens with zero attached hydrogens (tertiary/aromatic N) is 3. The molecule has 4 rings (SSSR count). The second kappa shape index (κ2) is 6.48. The molecule has 1 saturated heterocycles. The molecule has 3 heterocycles. The first-order valence-corrected chi connectivity index (χ1v) is 9.23. The molecule has 0 radical (unpaired) electrons. The van der Waals surface area contributed by atoms with E-state index in [4.69, 9.17) is 0 Å². The van der Waals surface area contributed by atoms with Crippen LogP contribution in [0.2, 0.25) is 0 Å². The summed E-state index contributed by atoms with van der Waals surface area (Å²) < 4.78 is 14.9. The van der Waals surface area contributed by atoms with Crippen LogP contribution in [-0.4, -0.2) is 39.3 Å². The number of likely N-dealkylation sites (tertiary alicyclic amines) is 1. The number of thiazole rings is 1. The number of imidazole rings is 1. The molecule has 2 aromatic heterocycles. The first-order valence-electron chi connectivity index (χ1n) is 8.35. The smallest absolute Gasteiger partial charge is 0.272 e. The van der Waals surface area contributed by atoms with Crippen molar-refractivity contribution >= 4 is 27.9 Å².